The minimum Gasteiger partial charge on any atom is -0.746 e. The van der Waals surface area contributed by atoms with E-state index in [0.717, 1.165) is 30.3 Å². The third-order valence-electron chi connectivity index (χ3n) is 5.05. The molecule has 0 aromatic heterocycles. The number of nitrogens with zero attached hydrogens (tertiary/aromatic N) is 1. The second-order valence-electron chi connectivity index (χ2n) is 7.77. The molecule has 0 atom stereocenters. The molecule has 0 saturated carbocycles. The van der Waals surface area contributed by atoms with Crippen molar-refractivity contribution >= 4 is 71.0 Å². The van der Waals surface area contributed by atoms with Crippen molar-refractivity contribution in [2.45, 2.75) is 4.90 Å². The molecule has 0 unspecified atom stereocenters. The number of nitro groups is 1. The van der Waals surface area contributed by atoms with Crippen LogP contribution in [0.1, 0.15) is 20.7 Å². The van der Waals surface area contributed by atoms with Gasteiger partial charge in [-0.25, -0.2) is 23.6 Å². The van der Waals surface area contributed by atoms with Gasteiger partial charge in [0.15, 0.2) is 0 Å². The van der Waals surface area contributed by atoms with Gasteiger partial charge in [0.25, 0.3) is 17.5 Å². The van der Waals surface area contributed by atoms with E-state index in [2.05, 4.69) is 22.8 Å². The van der Waals surface area contributed by atoms with Gasteiger partial charge in [0.05, 0.1) is 10.6 Å². The Kier molecular flexibility index (Phi) is 21.4. The minimum absolute atomic E-state index is 0. The van der Waals surface area contributed by atoms with Crippen molar-refractivity contribution in [2.75, 3.05) is 10.6 Å². The molecule has 16 nitrogen and oxygen atoms in total. The van der Waals surface area contributed by atoms with E-state index < -0.39 is 58.8 Å². The molecule has 4 aromatic carbocycles. The summed E-state index contributed by atoms with van der Waals surface area (Å²) in [5.41, 5.74) is -0.706. The molecule has 4 rings (SSSR count). The summed E-state index contributed by atoms with van der Waals surface area (Å²) in [5.74, 6) is -2.42. The number of nitrogens with one attached hydrogen (secondary N) is 2. The SMILES string of the molecule is O=C(Nc1cc(C(=O)Nc2ccc(S(=O)(=O)[O-])c3c[c-]c[c-]c23)ccc1F)c1cccc([N+](=O)[O-])c1.O=S(=O)=O.O=S(=O)=O.[Na+].[Na+].[Na+]. The smallest absolute Gasteiger partial charge is 0.746 e. The molecule has 0 fully saturated rings. The Morgan fingerprint density at radius 2 is 1.34 bits per heavy atom. The number of anilines is 2. The monoisotopic (exact) mass is 735 g/mol. The number of rotatable bonds is 6. The molecule has 2 N–H and O–H groups in total. The van der Waals surface area contributed by atoms with Gasteiger partial charge in [0.2, 0.25) is 0 Å². The van der Waals surface area contributed by atoms with Crippen molar-refractivity contribution in [1.29, 1.82) is 0 Å². The Hall–Kier alpha value is -2.44. The zero-order chi connectivity index (χ0) is 33.2. The predicted molar refractivity (Wildman–Crippen MR) is 144 cm³/mol. The van der Waals surface area contributed by atoms with Crippen molar-refractivity contribution in [3.63, 3.8) is 0 Å². The number of halogens is 1. The molecule has 0 heterocycles. The summed E-state index contributed by atoms with van der Waals surface area (Å²) in [4.78, 5) is 35.1. The fourth-order valence-electron chi connectivity index (χ4n) is 3.37. The van der Waals surface area contributed by atoms with E-state index in [-0.39, 0.29) is 128 Å². The topological polar surface area (TPSA) is 261 Å². The summed E-state index contributed by atoms with van der Waals surface area (Å²) < 4.78 is 99.6. The Morgan fingerprint density at radius 1 is 0.809 bits per heavy atom. The van der Waals surface area contributed by atoms with Crippen LogP contribution in [0.25, 0.3) is 10.8 Å². The summed E-state index contributed by atoms with van der Waals surface area (Å²) in [6.07, 6.45) is 0. The van der Waals surface area contributed by atoms with Crippen LogP contribution in [0.15, 0.2) is 71.6 Å². The van der Waals surface area contributed by atoms with Gasteiger partial charge in [-0.05, 0) is 35.2 Å². The second-order valence-corrected chi connectivity index (χ2v) is 9.94. The summed E-state index contributed by atoms with van der Waals surface area (Å²) in [6, 6.07) is 18.2. The van der Waals surface area contributed by atoms with Crippen LogP contribution >= 0.6 is 0 Å². The van der Waals surface area contributed by atoms with Crippen LogP contribution in [-0.4, -0.2) is 55.0 Å². The van der Waals surface area contributed by atoms with Crippen molar-refractivity contribution in [1.82, 2.24) is 0 Å². The average molecular weight is 736 g/mol. The van der Waals surface area contributed by atoms with E-state index in [0.29, 0.717) is 0 Å². The molecule has 0 spiro atoms. The summed E-state index contributed by atoms with van der Waals surface area (Å²) in [7, 11) is -11.0. The van der Waals surface area contributed by atoms with E-state index in [9.17, 15) is 37.1 Å². The fraction of sp³-hybridized carbons (Fsp3) is 0. The summed E-state index contributed by atoms with van der Waals surface area (Å²) in [5, 5.41) is 15.9. The first-order chi connectivity index (χ1) is 20.5. The first-order valence-corrected chi connectivity index (χ1v) is 14.4. The van der Waals surface area contributed by atoms with Gasteiger partial charge < -0.3 is 33.4 Å². The van der Waals surface area contributed by atoms with Crippen LogP contribution in [0.3, 0.4) is 0 Å². The van der Waals surface area contributed by atoms with E-state index in [1.165, 1.54) is 36.4 Å². The third kappa shape index (κ3) is 15.1. The van der Waals surface area contributed by atoms with Crippen LogP contribution in [-0.2, 0) is 31.3 Å². The van der Waals surface area contributed by atoms with E-state index in [1.54, 1.807) is 0 Å². The Balaban J connectivity index is 0. The van der Waals surface area contributed by atoms with E-state index in [1.807, 2.05) is 0 Å². The van der Waals surface area contributed by atoms with E-state index in [4.69, 9.17) is 25.3 Å². The predicted octanol–water partition coefficient (Wildman–Crippen LogP) is -7.10. The third-order valence-corrected chi connectivity index (χ3v) is 5.94. The fourth-order valence-corrected chi connectivity index (χ4v) is 4.04. The molecule has 0 aliphatic carbocycles. The number of nitro benzene ring substituents is 1. The van der Waals surface area contributed by atoms with Gasteiger partial charge in [-0.1, -0.05) is 12.1 Å². The molecule has 0 bridgehead atoms. The number of amides is 2. The number of benzene rings is 4. The van der Waals surface area contributed by atoms with E-state index >= 15 is 0 Å². The first kappa shape index (κ1) is 46.7. The Bertz CT molecular complexity index is 2080. The van der Waals surface area contributed by atoms with Gasteiger partial charge in [-0.2, -0.15) is 0 Å². The molecule has 23 heteroatoms. The van der Waals surface area contributed by atoms with Crippen LogP contribution < -0.4 is 99.3 Å². The van der Waals surface area contributed by atoms with Gasteiger partial charge in [0, 0.05) is 28.9 Å². The maximum absolute atomic E-state index is 14.4. The largest absolute Gasteiger partial charge is 1.00 e. The number of carbonyl (C=O) groups is 2. The molecular weight excluding hydrogens is 722 g/mol. The van der Waals surface area contributed by atoms with Gasteiger partial charge in [-0.15, -0.1) is 25.3 Å². The summed E-state index contributed by atoms with van der Waals surface area (Å²) >= 11 is 0. The second kappa shape index (κ2) is 21.5. The van der Waals surface area contributed by atoms with Gasteiger partial charge >= 0.3 is 110 Å². The van der Waals surface area contributed by atoms with Gasteiger partial charge in [-0.3, -0.25) is 25.8 Å². The molecule has 230 valence electrons. The molecule has 47 heavy (non-hydrogen) atoms. The molecule has 2 amide bonds. The number of hydrogen-bond donors (Lipinski definition) is 2. The molecule has 0 aliphatic rings. The van der Waals surface area contributed by atoms with Crippen molar-refractivity contribution in [3.05, 3.63) is 106 Å². The van der Waals surface area contributed by atoms with Gasteiger partial charge in [0.1, 0.15) is 15.9 Å². The molecule has 0 saturated heterocycles. The maximum Gasteiger partial charge on any atom is 1.00 e. The summed E-state index contributed by atoms with van der Waals surface area (Å²) in [6.45, 7) is 0. The number of carbonyl (C=O) groups excluding carboxylic acids is 2. The maximum atomic E-state index is 14.4. The number of hydrogen-bond acceptors (Lipinski definition) is 13. The molecule has 0 radical (unpaired) electrons. The van der Waals surface area contributed by atoms with Crippen LogP contribution in [0.5, 0.6) is 0 Å². The van der Waals surface area contributed by atoms with Crippen LogP contribution in [0.4, 0.5) is 21.5 Å². The molecular formula is C24H13FN3Na3O13S3. The average Bonchev–Trinajstić information content (AvgIpc) is 2.93. The number of non-ortho nitro benzene ring substituents is 1. The molecule has 4 aromatic rings. The van der Waals surface area contributed by atoms with Crippen molar-refractivity contribution in [3.8, 4) is 0 Å². The zero-order valence-electron chi connectivity index (χ0n) is 24.2. The first-order valence-electron chi connectivity index (χ1n) is 11.0. The van der Waals surface area contributed by atoms with Crippen molar-refractivity contribution < 1.29 is 146 Å². The number of fused-ring (bicyclic) bond motifs is 1. The standard InChI is InChI=1S/C24H14FN3O7S.3Na.2O3S/c25-19-9-8-15(13-21(19)27-23(29)14-4-3-5-16(12-14)28(31)32)24(30)26-20-10-11-22(36(33,34)35)18-7-2-1-6-17(18)20;;;;2*1-4(2)3/h1,3-5,7-13H,(H,26,30)(H,27,29)(H,33,34,35);;;;;/q-2;3*+1;;/p-1. The van der Waals surface area contributed by atoms with Crippen LogP contribution in [0.2, 0.25) is 0 Å². The minimum atomic E-state index is -4.80. The normalized spacial score (nSPS) is 9.57. The van der Waals surface area contributed by atoms with Crippen LogP contribution in [0, 0.1) is 28.1 Å². The molecule has 0 aliphatic heterocycles. The quantitative estimate of drug-likeness (QED) is 0.0614. The Labute approximate surface area is 334 Å². The van der Waals surface area contributed by atoms with Crippen molar-refractivity contribution in [2.24, 2.45) is 0 Å². The zero-order valence-corrected chi connectivity index (χ0v) is 32.7. The Morgan fingerprint density at radius 3 is 1.87 bits per heavy atom.